The van der Waals surface area contributed by atoms with E-state index in [9.17, 15) is 13.2 Å². The van der Waals surface area contributed by atoms with Crippen LogP contribution in [0.3, 0.4) is 0 Å². The molecule has 2 aliphatic heterocycles. The normalized spacial score (nSPS) is 16.2. The van der Waals surface area contributed by atoms with Gasteiger partial charge in [0.15, 0.2) is 6.61 Å². The molecule has 1 amide bonds. The van der Waals surface area contributed by atoms with Gasteiger partial charge in [-0.1, -0.05) is 0 Å². The molecule has 0 radical (unpaired) electrons. The van der Waals surface area contributed by atoms with Crippen molar-refractivity contribution in [2.45, 2.75) is 6.92 Å². The molecule has 11 nitrogen and oxygen atoms in total. The number of nitrogens with zero attached hydrogens (tertiary/aromatic N) is 5. The number of rotatable bonds is 6. The third-order valence-corrected chi connectivity index (χ3v) is 7.78. The smallest absolute Gasteiger partial charge is 0.264 e. The molecule has 2 aliphatic rings. The maximum absolute atomic E-state index is 12.0. The van der Waals surface area contributed by atoms with Crippen molar-refractivity contribution >= 4 is 50.4 Å². The fraction of sp³-hybridized carbons (Fsp3) is 0.320. The Kier molecular flexibility index (Phi) is 6.61. The van der Waals surface area contributed by atoms with Gasteiger partial charge in [0.1, 0.15) is 11.6 Å². The summed E-state index contributed by atoms with van der Waals surface area (Å²) in [6, 6.07) is 13.5. The van der Waals surface area contributed by atoms with Crippen LogP contribution in [-0.2, 0) is 14.8 Å². The van der Waals surface area contributed by atoms with Crippen LogP contribution >= 0.6 is 0 Å². The van der Waals surface area contributed by atoms with Gasteiger partial charge in [0.05, 0.1) is 11.9 Å². The molecule has 12 heteroatoms. The molecule has 0 saturated carbocycles. The first-order chi connectivity index (χ1) is 17.7. The van der Waals surface area contributed by atoms with E-state index < -0.39 is 10.0 Å². The predicted molar refractivity (Wildman–Crippen MR) is 144 cm³/mol. The molecule has 0 unspecified atom stereocenters. The topological polar surface area (TPSA) is 120 Å². The summed E-state index contributed by atoms with van der Waals surface area (Å²) < 4.78 is 30.5. The third kappa shape index (κ3) is 5.44. The molecule has 2 aromatic carbocycles. The molecule has 37 heavy (non-hydrogen) atoms. The number of sulfonamides is 1. The van der Waals surface area contributed by atoms with E-state index in [0.717, 1.165) is 22.6 Å². The van der Waals surface area contributed by atoms with Crippen molar-refractivity contribution in [2.75, 3.05) is 66.5 Å². The highest BCUT2D eigenvalue weighted by molar-refractivity contribution is 7.88. The zero-order valence-electron chi connectivity index (χ0n) is 20.9. The first-order valence-corrected chi connectivity index (χ1v) is 13.7. The number of hydrogen-bond donors (Lipinski definition) is 2. The Morgan fingerprint density at radius 2 is 1.68 bits per heavy atom. The Bertz CT molecular complexity index is 1420. The van der Waals surface area contributed by atoms with Gasteiger partial charge in [0.25, 0.3) is 5.91 Å². The lowest BCUT2D eigenvalue weighted by atomic mass is 10.2. The summed E-state index contributed by atoms with van der Waals surface area (Å²) in [4.78, 5) is 24.8. The largest absolute Gasteiger partial charge is 0.482 e. The SMILES string of the molecule is Cc1cnc(Nc2ccc(N3CCN(S(C)(=O)=O)CC3)cc2)nc1Nc1ccc2c(c1)N(C)C(=O)CO2. The molecule has 2 N–H and O–H groups in total. The second-order valence-electron chi connectivity index (χ2n) is 9.10. The second kappa shape index (κ2) is 9.87. The van der Waals surface area contributed by atoms with E-state index in [-0.39, 0.29) is 12.5 Å². The first kappa shape index (κ1) is 24.8. The van der Waals surface area contributed by atoms with Crippen molar-refractivity contribution in [1.29, 1.82) is 0 Å². The number of fused-ring (bicyclic) bond motifs is 1. The second-order valence-corrected chi connectivity index (χ2v) is 11.1. The van der Waals surface area contributed by atoms with E-state index in [0.29, 0.717) is 49.4 Å². The molecule has 3 aromatic rings. The van der Waals surface area contributed by atoms with Gasteiger partial charge in [-0.05, 0) is 49.4 Å². The maximum Gasteiger partial charge on any atom is 0.264 e. The Labute approximate surface area is 216 Å². The van der Waals surface area contributed by atoms with Crippen molar-refractivity contribution in [3.63, 3.8) is 0 Å². The number of carbonyl (C=O) groups excluding carboxylic acids is 1. The summed E-state index contributed by atoms with van der Waals surface area (Å²) in [6.07, 6.45) is 2.99. The molecule has 0 atom stereocenters. The molecule has 3 heterocycles. The number of amides is 1. The van der Waals surface area contributed by atoms with Crippen LogP contribution in [0.4, 0.5) is 34.5 Å². The molecular formula is C25H29N7O4S. The summed E-state index contributed by atoms with van der Waals surface area (Å²) in [5.74, 6) is 1.64. The number of nitrogens with one attached hydrogen (secondary N) is 2. The molecule has 0 aliphatic carbocycles. The Balaban J connectivity index is 1.26. The van der Waals surface area contributed by atoms with Gasteiger partial charge < -0.3 is 25.2 Å². The first-order valence-electron chi connectivity index (χ1n) is 11.9. The number of hydrogen-bond acceptors (Lipinski definition) is 9. The van der Waals surface area contributed by atoms with Gasteiger partial charge in [-0.2, -0.15) is 9.29 Å². The maximum atomic E-state index is 12.0. The minimum atomic E-state index is -3.15. The number of aromatic nitrogens is 2. The van der Waals surface area contributed by atoms with Crippen LogP contribution in [0.2, 0.25) is 0 Å². The van der Waals surface area contributed by atoms with Crippen molar-refractivity contribution in [2.24, 2.45) is 0 Å². The summed E-state index contributed by atoms with van der Waals surface area (Å²) >= 11 is 0. The highest BCUT2D eigenvalue weighted by Crippen LogP contribution is 2.34. The molecule has 1 fully saturated rings. The molecule has 1 saturated heterocycles. The quantitative estimate of drug-likeness (QED) is 0.502. The summed E-state index contributed by atoms with van der Waals surface area (Å²) in [5, 5.41) is 6.55. The van der Waals surface area contributed by atoms with E-state index in [1.165, 1.54) is 10.6 Å². The highest BCUT2D eigenvalue weighted by Gasteiger charge is 2.24. The van der Waals surface area contributed by atoms with E-state index in [1.807, 2.05) is 49.4 Å². The van der Waals surface area contributed by atoms with Crippen LogP contribution in [0.1, 0.15) is 5.56 Å². The molecule has 194 valence electrons. The van der Waals surface area contributed by atoms with Crippen LogP contribution in [0.5, 0.6) is 5.75 Å². The van der Waals surface area contributed by atoms with E-state index >= 15 is 0 Å². The van der Waals surface area contributed by atoms with Gasteiger partial charge in [-0.3, -0.25) is 4.79 Å². The average molecular weight is 524 g/mol. The number of ether oxygens (including phenoxy) is 1. The van der Waals surface area contributed by atoms with Gasteiger partial charge in [0.2, 0.25) is 16.0 Å². The molecule has 0 bridgehead atoms. The summed E-state index contributed by atoms with van der Waals surface area (Å²) in [5.41, 5.74) is 4.21. The Morgan fingerprint density at radius 3 is 2.38 bits per heavy atom. The van der Waals surface area contributed by atoms with Crippen molar-refractivity contribution < 1.29 is 17.9 Å². The summed E-state index contributed by atoms with van der Waals surface area (Å²) in [7, 11) is -1.42. The highest BCUT2D eigenvalue weighted by atomic mass is 32.2. The fourth-order valence-corrected chi connectivity index (χ4v) is 5.10. The lowest BCUT2D eigenvalue weighted by molar-refractivity contribution is -0.120. The number of carbonyl (C=O) groups is 1. The van der Waals surface area contributed by atoms with E-state index in [1.54, 1.807) is 18.1 Å². The number of likely N-dealkylation sites (N-methyl/N-ethyl adjacent to an activating group) is 1. The minimum absolute atomic E-state index is 0.0388. The van der Waals surface area contributed by atoms with Gasteiger partial charge in [0, 0.05) is 62.0 Å². The van der Waals surface area contributed by atoms with Gasteiger partial charge in [-0.15, -0.1) is 0 Å². The van der Waals surface area contributed by atoms with Crippen LogP contribution in [0.15, 0.2) is 48.7 Å². The lowest BCUT2D eigenvalue weighted by Crippen LogP contribution is -2.48. The molecule has 5 rings (SSSR count). The number of aryl methyl sites for hydroxylation is 1. The Hall–Kier alpha value is -3.90. The number of piperazine rings is 1. The summed E-state index contributed by atoms with van der Waals surface area (Å²) in [6.45, 7) is 4.22. The molecule has 0 spiro atoms. The standard InChI is InChI=1S/C25H29N7O4S/c1-17-15-26-25(29-24(17)27-19-6-9-22-21(14-19)30(2)23(33)16-36-22)28-18-4-7-20(8-5-18)31-10-12-32(13-11-31)37(3,34)35/h4-9,14-15H,10-13,16H2,1-3H3,(H2,26,27,28,29). The lowest BCUT2D eigenvalue weighted by Gasteiger charge is -2.34. The van der Waals surface area contributed by atoms with Gasteiger partial charge in [-0.25, -0.2) is 13.4 Å². The van der Waals surface area contributed by atoms with E-state index in [4.69, 9.17) is 4.74 Å². The predicted octanol–water partition coefficient (Wildman–Crippen LogP) is 2.71. The van der Waals surface area contributed by atoms with Crippen LogP contribution in [0, 0.1) is 6.92 Å². The van der Waals surface area contributed by atoms with Crippen molar-refractivity contribution in [3.8, 4) is 5.75 Å². The number of benzene rings is 2. The zero-order valence-corrected chi connectivity index (χ0v) is 21.7. The monoisotopic (exact) mass is 523 g/mol. The average Bonchev–Trinajstić information content (AvgIpc) is 2.88. The zero-order chi connectivity index (χ0) is 26.2. The van der Waals surface area contributed by atoms with Crippen LogP contribution in [0.25, 0.3) is 0 Å². The van der Waals surface area contributed by atoms with Crippen molar-refractivity contribution in [3.05, 3.63) is 54.2 Å². The third-order valence-electron chi connectivity index (χ3n) is 6.48. The van der Waals surface area contributed by atoms with Crippen LogP contribution < -0.4 is 25.2 Å². The van der Waals surface area contributed by atoms with E-state index in [2.05, 4.69) is 25.5 Å². The molecular weight excluding hydrogens is 494 g/mol. The minimum Gasteiger partial charge on any atom is -0.482 e. The fourth-order valence-electron chi connectivity index (χ4n) is 4.28. The number of anilines is 6. The van der Waals surface area contributed by atoms with Crippen LogP contribution in [-0.4, -0.2) is 74.7 Å². The molecule has 1 aromatic heterocycles. The van der Waals surface area contributed by atoms with Crippen molar-refractivity contribution in [1.82, 2.24) is 14.3 Å². The Morgan fingerprint density at radius 1 is 0.973 bits per heavy atom. The van der Waals surface area contributed by atoms with Gasteiger partial charge >= 0.3 is 0 Å².